The number of rotatable bonds is 2. The highest BCUT2D eigenvalue weighted by Crippen LogP contribution is 2.49. The average molecular weight is 297 g/mol. The van der Waals surface area contributed by atoms with Gasteiger partial charge < -0.3 is 9.52 Å². The molecule has 1 saturated heterocycles. The summed E-state index contributed by atoms with van der Waals surface area (Å²) >= 11 is 0. The number of benzene rings is 1. The van der Waals surface area contributed by atoms with E-state index in [-0.39, 0.29) is 5.41 Å². The quantitative estimate of drug-likeness (QED) is 0.918. The first-order chi connectivity index (χ1) is 10.6. The number of furan rings is 1. The number of piperidine rings is 1. The van der Waals surface area contributed by atoms with E-state index in [1.54, 1.807) is 6.26 Å². The molecule has 1 fully saturated rings. The number of aromatic hydroxyl groups is 1. The molecule has 2 aliphatic rings. The highest BCUT2D eigenvalue weighted by Gasteiger charge is 2.48. The lowest BCUT2D eigenvalue weighted by atomic mass is 9.59. The zero-order valence-corrected chi connectivity index (χ0v) is 13.2. The van der Waals surface area contributed by atoms with Gasteiger partial charge in [-0.1, -0.05) is 19.9 Å². The fourth-order valence-corrected chi connectivity index (χ4v) is 4.51. The highest BCUT2D eigenvalue weighted by molar-refractivity contribution is 5.44. The molecule has 3 atom stereocenters. The van der Waals surface area contributed by atoms with Crippen LogP contribution in [-0.4, -0.2) is 22.6 Å². The van der Waals surface area contributed by atoms with Gasteiger partial charge in [0.2, 0.25) is 0 Å². The van der Waals surface area contributed by atoms with Gasteiger partial charge in [-0.15, -0.1) is 0 Å². The number of likely N-dealkylation sites (tertiary alicyclic amines) is 1. The molecule has 0 radical (unpaired) electrons. The van der Waals surface area contributed by atoms with Gasteiger partial charge in [-0.05, 0) is 60.0 Å². The van der Waals surface area contributed by atoms with Crippen LogP contribution < -0.4 is 0 Å². The molecule has 116 valence electrons. The molecule has 0 amide bonds. The van der Waals surface area contributed by atoms with Crippen LogP contribution in [-0.2, 0) is 18.4 Å². The highest BCUT2D eigenvalue weighted by atomic mass is 16.3. The number of phenolic OH excluding ortho intramolecular Hbond substituents is 1. The molecule has 3 nitrogen and oxygen atoms in total. The second-order valence-corrected chi connectivity index (χ2v) is 7.17. The van der Waals surface area contributed by atoms with Crippen molar-refractivity contribution in [2.75, 3.05) is 6.54 Å². The van der Waals surface area contributed by atoms with Crippen molar-refractivity contribution in [3.63, 3.8) is 0 Å². The van der Waals surface area contributed by atoms with Crippen LogP contribution in [0.2, 0.25) is 0 Å². The van der Waals surface area contributed by atoms with Gasteiger partial charge in [0, 0.05) is 18.2 Å². The van der Waals surface area contributed by atoms with Gasteiger partial charge in [-0.25, -0.2) is 0 Å². The van der Waals surface area contributed by atoms with Gasteiger partial charge in [-0.3, -0.25) is 4.90 Å². The molecule has 1 N–H and O–H groups in total. The van der Waals surface area contributed by atoms with Crippen molar-refractivity contribution in [1.82, 2.24) is 4.90 Å². The lowest BCUT2D eigenvalue weighted by molar-refractivity contribution is 0.0257. The summed E-state index contributed by atoms with van der Waals surface area (Å²) in [6.45, 7) is 6.82. The van der Waals surface area contributed by atoms with Gasteiger partial charge in [0.1, 0.15) is 5.75 Å². The predicted octanol–water partition coefficient (Wildman–Crippen LogP) is 3.71. The lowest BCUT2D eigenvalue weighted by Crippen LogP contribution is -2.57. The van der Waals surface area contributed by atoms with Crippen molar-refractivity contribution in [2.45, 2.75) is 44.7 Å². The van der Waals surface area contributed by atoms with Crippen molar-refractivity contribution in [3.8, 4) is 5.75 Å². The topological polar surface area (TPSA) is 36.6 Å². The Hall–Kier alpha value is -1.74. The molecule has 1 aliphatic carbocycles. The molecule has 1 aromatic carbocycles. The zero-order valence-electron chi connectivity index (χ0n) is 13.2. The summed E-state index contributed by atoms with van der Waals surface area (Å²) in [5.74, 6) is 0.980. The maximum Gasteiger partial charge on any atom is 0.115 e. The minimum Gasteiger partial charge on any atom is -0.508 e. The predicted molar refractivity (Wildman–Crippen MR) is 85.8 cm³/mol. The Labute approximate surface area is 131 Å². The van der Waals surface area contributed by atoms with E-state index >= 15 is 0 Å². The first kappa shape index (κ1) is 13.9. The lowest BCUT2D eigenvalue weighted by Gasteiger charge is -2.54. The van der Waals surface area contributed by atoms with Crippen molar-refractivity contribution in [1.29, 1.82) is 0 Å². The van der Waals surface area contributed by atoms with E-state index in [4.69, 9.17) is 4.42 Å². The van der Waals surface area contributed by atoms with E-state index in [0.717, 1.165) is 25.9 Å². The van der Waals surface area contributed by atoms with Crippen LogP contribution >= 0.6 is 0 Å². The number of hydrogen-bond donors (Lipinski definition) is 1. The number of phenols is 1. The van der Waals surface area contributed by atoms with Crippen LogP contribution in [0.1, 0.15) is 37.0 Å². The fraction of sp³-hybridized carbons (Fsp3) is 0.474. The Morgan fingerprint density at radius 3 is 3.00 bits per heavy atom. The Morgan fingerprint density at radius 1 is 1.36 bits per heavy atom. The monoisotopic (exact) mass is 297 g/mol. The molecule has 1 aliphatic heterocycles. The third kappa shape index (κ3) is 1.99. The summed E-state index contributed by atoms with van der Waals surface area (Å²) in [7, 11) is 0. The third-order valence-corrected chi connectivity index (χ3v) is 6.07. The molecule has 0 saturated carbocycles. The Kier molecular flexibility index (Phi) is 3.08. The summed E-state index contributed by atoms with van der Waals surface area (Å²) in [6.07, 6.45) is 5.82. The zero-order chi connectivity index (χ0) is 15.3. The van der Waals surface area contributed by atoms with Crippen LogP contribution in [0.4, 0.5) is 0 Å². The van der Waals surface area contributed by atoms with Gasteiger partial charge in [0.05, 0.1) is 12.5 Å². The molecular formula is C19H23NO2. The average Bonchev–Trinajstić information content (AvgIpc) is 3.00. The fourth-order valence-electron chi connectivity index (χ4n) is 4.51. The van der Waals surface area contributed by atoms with E-state index in [2.05, 4.69) is 30.9 Å². The van der Waals surface area contributed by atoms with Crippen molar-refractivity contribution in [2.24, 2.45) is 5.92 Å². The maximum absolute atomic E-state index is 9.89. The van der Waals surface area contributed by atoms with Crippen LogP contribution in [0, 0.1) is 5.92 Å². The standard InChI is InChI=1S/C19H23NO2/c1-13-18-9-15-3-4-16(21)10-17(15)19(13,2)6-7-20(18)11-14-5-8-22-12-14/h3-5,8,10,12-13,18,21H,6-7,9,11H2,1-2H3/t13-,18-,19-/m1/s1. The van der Waals surface area contributed by atoms with Crippen molar-refractivity contribution < 1.29 is 9.52 Å². The molecule has 2 heterocycles. The van der Waals surface area contributed by atoms with E-state index in [1.165, 1.54) is 16.7 Å². The van der Waals surface area contributed by atoms with Crippen LogP contribution in [0.25, 0.3) is 0 Å². The van der Waals surface area contributed by atoms with Crippen molar-refractivity contribution in [3.05, 3.63) is 53.5 Å². The van der Waals surface area contributed by atoms with E-state index in [0.29, 0.717) is 17.7 Å². The van der Waals surface area contributed by atoms with Gasteiger partial charge >= 0.3 is 0 Å². The molecular weight excluding hydrogens is 274 g/mol. The minimum atomic E-state index is 0.171. The number of nitrogens with zero attached hydrogens (tertiary/aromatic N) is 1. The molecule has 4 rings (SSSR count). The third-order valence-electron chi connectivity index (χ3n) is 6.07. The molecule has 0 spiro atoms. The second-order valence-electron chi connectivity index (χ2n) is 7.17. The Balaban J connectivity index is 1.69. The van der Waals surface area contributed by atoms with E-state index < -0.39 is 0 Å². The van der Waals surface area contributed by atoms with E-state index in [9.17, 15) is 5.11 Å². The summed E-state index contributed by atoms with van der Waals surface area (Å²) in [5, 5.41) is 9.89. The number of hydrogen-bond acceptors (Lipinski definition) is 3. The van der Waals surface area contributed by atoms with E-state index in [1.807, 2.05) is 18.4 Å². The minimum absolute atomic E-state index is 0.171. The molecule has 0 unspecified atom stereocenters. The smallest absolute Gasteiger partial charge is 0.115 e. The molecule has 3 heteroatoms. The second kappa shape index (κ2) is 4.88. The first-order valence-corrected chi connectivity index (χ1v) is 8.15. The largest absolute Gasteiger partial charge is 0.508 e. The summed E-state index contributed by atoms with van der Waals surface area (Å²) < 4.78 is 5.22. The first-order valence-electron chi connectivity index (χ1n) is 8.15. The Bertz CT molecular complexity index is 679. The summed E-state index contributed by atoms with van der Waals surface area (Å²) in [4.78, 5) is 2.60. The maximum atomic E-state index is 9.89. The van der Waals surface area contributed by atoms with Gasteiger partial charge in [0.25, 0.3) is 0 Å². The normalized spacial score (nSPS) is 31.0. The summed E-state index contributed by atoms with van der Waals surface area (Å²) in [6, 6.07) is 8.56. The molecule has 2 bridgehead atoms. The molecule has 1 aromatic heterocycles. The van der Waals surface area contributed by atoms with Gasteiger partial charge in [0.15, 0.2) is 0 Å². The Morgan fingerprint density at radius 2 is 2.23 bits per heavy atom. The number of fused-ring (bicyclic) bond motifs is 4. The SMILES string of the molecule is C[C@@H]1[C@H]2Cc3ccc(O)cc3[C@]1(C)CCN2Cc1ccoc1. The molecule has 2 aromatic rings. The van der Waals surface area contributed by atoms with Gasteiger partial charge in [-0.2, -0.15) is 0 Å². The van der Waals surface area contributed by atoms with Crippen LogP contribution in [0.5, 0.6) is 5.75 Å². The summed E-state index contributed by atoms with van der Waals surface area (Å²) in [5.41, 5.74) is 4.19. The van der Waals surface area contributed by atoms with Crippen LogP contribution in [0.3, 0.4) is 0 Å². The van der Waals surface area contributed by atoms with Crippen molar-refractivity contribution >= 4 is 0 Å². The van der Waals surface area contributed by atoms with Crippen LogP contribution in [0.15, 0.2) is 41.2 Å². The molecule has 22 heavy (non-hydrogen) atoms.